The smallest absolute Gasteiger partial charge is 0.165 e. The van der Waals surface area contributed by atoms with E-state index >= 15 is 0 Å². The minimum absolute atomic E-state index is 0.0776. The predicted octanol–water partition coefficient (Wildman–Crippen LogP) is 1.30. The summed E-state index contributed by atoms with van der Waals surface area (Å²) in [5.74, 6) is -1.04. The molecule has 0 radical (unpaired) electrons. The van der Waals surface area contributed by atoms with Crippen LogP contribution in [-0.4, -0.2) is 16.8 Å². The highest BCUT2D eigenvalue weighted by molar-refractivity contribution is 5.29. The van der Waals surface area contributed by atoms with E-state index in [1.165, 1.54) is 12.1 Å². The summed E-state index contributed by atoms with van der Waals surface area (Å²) in [6.07, 6.45) is 1.18. The zero-order valence-corrected chi connectivity index (χ0v) is 7.78. The van der Waals surface area contributed by atoms with Gasteiger partial charge in [-0.1, -0.05) is 6.07 Å². The molecular formula is C10H14FNO2. The van der Waals surface area contributed by atoms with Crippen molar-refractivity contribution < 1.29 is 14.6 Å². The number of hydrogen-bond donors (Lipinski definition) is 3. The minimum atomic E-state index is -0.665. The molecule has 0 unspecified atom stereocenters. The van der Waals surface area contributed by atoms with Crippen LogP contribution in [-0.2, 0) is 0 Å². The Morgan fingerprint density at radius 2 is 2.14 bits per heavy atom. The van der Waals surface area contributed by atoms with Crippen molar-refractivity contribution in [1.82, 2.24) is 0 Å². The standard InChI is InChI=1S/C10H14FNO2/c11-8-6-7(3-4-10(8)14)9(12)2-1-5-13/h3-4,6,9,13-14H,1-2,5,12H2/t9-/m0/s1. The van der Waals surface area contributed by atoms with Crippen molar-refractivity contribution in [2.75, 3.05) is 6.61 Å². The summed E-state index contributed by atoms with van der Waals surface area (Å²) in [6, 6.07) is 3.79. The Hall–Kier alpha value is -1.13. The van der Waals surface area contributed by atoms with Crippen LogP contribution in [0.5, 0.6) is 5.75 Å². The van der Waals surface area contributed by atoms with E-state index in [1.54, 1.807) is 6.07 Å². The highest BCUT2D eigenvalue weighted by Gasteiger charge is 2.08. The normalized spacial score (nSPS) is 12.8. The fourth-order valence-electron chi connectivity index (χ4n) is 1.23. The molecule has 0 saturated carbocycles. The molecule has 1 aromatic carbocycles. The lowest BCUT2D eigenvalue weighted by atomic mass is 10.0. The monoisotopic (exact) mass is 199 g/mol. The van der Waals surface area contributed by atoms with Gasteiger partial charge in [0.25, 0.3) is 0 Å². The Morgan fingerprint density at radius 1 is 1.43 bits per heavy atom. The lowest BCUT2D eigenvalue weighted by molar-refractivity contribution is 0.280. The van der Waals surface area contributed by atoms with Crippen LogP contribution in [0, 0.1) is 5.82 Å². The largest absolute Gasteiger partial charge is 0.505 e. The van der Waals surface area contributed by atoms with Gasteiger partial charge in [-0.15, -0.1) is 0 Å². The molecule has 4 N–H and O–H groups in total. The van der Waals surface area contributed by atoms with Gasteiger partial charge in [0.05, 0.1) is 0 Å². The van der Waals surface area contributed by atoms with Gasteiger partial charge in [0, 0.05) is 12.6 Å². The SMILES string of the molecule is N[C@@H](CCCO)c1ccc(O)c(F)c1. The minimum Gasteiger partial charge on any atom is -0.505 e. The van der Waals surface area contributed by atoms with Gasteiger partial charge in [-0.25, -0.2) is 4.39 Å². The number of phenolic OH excluding ortho intramolecular Hbond substituents is 1. The lowest BCUT2D eigenvalue weighted by Crippen LogP contribution is -2.10. The van der Waals surface area contributed by atoms with Crippen molar-refractivity contribution in [3.05, 3.63) is 29.6 Å². The molecule has 3 nitrogen and oxygen atoms in total. The zero-order valence-electron chi connectivity index (χ0n) is 7.78. The van der Waals surface area contributed by atoms with Crippen molar-refractivity contribution >= 4 is 0 Å². The topological polar surface area (TPSA) is 66.5 Å². The molecule has 0 spiro atoms. The van der Waals surface area contributed by atoms with Crippen LogP contribution >= 0.6 is 0 Å². The van der Waals surface area contributed by atoms with Crippen molar-refractivity contribution in [1.29, 1.82) is 0 Å². The van der Waals surface area contributed by atoms with Crippen LogP contribution in [0.15, 0.2) is 18.2 Å². The Balaban J connectivity index is 2.70. The third kappa shape index (κ3) is 2.68. The predicted molar refractivity (Wildman–Crippen MR) is 51.3 cm³/mol. The first kappa shape index (κ1) is 10.9. The first-order valence-electron chi connectivity index (χ1n) is 4.50. The molecule has 14 heavy (non-hydrogen) atoms. The van der Waals surface area contributed by atoms with E-state index in [0.717, 1.165) is 0 Å². The second-order valence-corrected chi connectivity index (χ2v) is 3.18. The van der Waals surface area contributed by atoms with Crippen molar-refractivity contribution in [3.63, 3.8) is 0 Å². The van der Waals surface area contributed by atoms with Gasteiger partial charge in [0.2, 0.25) is 0 Å². The molecule has 4 heteroatoms. The van der Waals surface area contributed by atoms with Gasteiger partial charge >= 0.3 is 0 Å². The van der Waals surface area contributed by atoms with Gasteiger partial charge in [-0.3, -0.25) is 0 Å². The summed E-state index contributed by atoms with van der Waals surface area (Å²) >= 11 is 0. The summed E-state index contributed by atoms with van der Waals surface area (Å²) in [5, 5.41) is 17.5. The van der Waals surface area contributed by atoms with Crippen LogP contribution in [0.25, 0.3) is 0 Å². The summed E-state index contributed by atoms with van der Waals surface area (Å²) in [4.78, 5) is 0. The highest BCUT2D eigenvalue weighted by atomic mass is 19.1. The first-order chi connectivity index (χ1) is 6.65. The number of aliphatic hydroxyl groups excluding tert-OH is 1. The zero-order chi connectivity index (χ0) is 10.6. The Bertz CT molecular complexity index is 304. The third-order valence-corrected chi connectivity index (χ3v) is 2.07. The van der Waals surface area contributed by atoms with Crippen LogP contribution in [0.1, 0.15) is 24.4 Å². The second-order valence-electron chi connectivity index (χ2n) is 3.18. The summed E-state index contributed by atoms with van der Waals surface area (Å²) in [7, 11) is 0. The molecule has 0 aliphatic heterocycles. The van der Waals surface area contributed by atoms with Crippen molar-refractivity contribution in [2.24, 2.45) is 5.73 Å². The molecule has 0 saturated heterocycles. The van der Waals surface area contributed by atoms with E-state index in [4.69, 9.17) is 15.9 Å². The maximum Gasteiger partial charge on any atom is 0.165 e. The molecule has 0 fully saturated rings. The molecule has 0 aliphatic carbocycles. The molecule has 1 rings (SSSR count). The second kappa shape index (κ2) is 4.93. The van der Waals surface area contributed by atoms with E-state index in [1.807, 2.05) is 0 Å². The molecule has 0 aromatic heterocycles. The van der Waals surface area contributed by atoms with Crippen LogP contribution < -0.4 is 5.73 Å². The van der Waals surface area contributed by atoms with E-state index in [9.17, 15) is 4.39 Å². The molecule has 1 atom stereocenters. The van der Waals surface area contributed by atoms with Crippen molar-refractivity contribution in [2.45, 2.75) is 18.9 Å². The fraction of sp³-hybridized carbons (Fsp3) is 0.400. The number of aromatic hydroxyl groups is 1. The molecule has 0 bridgehead atoms. The molecular weight excluding hydrogens is 185 g/mol. The van der Waals surface area contributed by atoms with Gasteiger partial charge in [0.15, 0.2) is 11.6 Å². The summed E-state index contributed by atoms with van der Waals surface area (Å²) in [5.41, 5.74) is 6.37. The van der Waals surface area contributed by atoms with Crippen molar-refractivity contribution in [3.8, 4) is 5.75 Å². The van der Waals surface area contributed by atoms with Gasteiger partial charge in [-0.05, 0) is 30.5 Å². The van der Waals surface area contributed by atoms with Crippen LogP contribution in [0.3, 0.4) is 0 Å². The number of nitrogens with two attached hydrogens (primary N) is 1. The maximum absolute atomic E-state index is 12.9. The Morgan fingerprint density at radius 3 is 2.71 bits per heavy atom. The van der Waals surface area contributed by atoms with E-state index in [2.05, 4.69) is 0 Å². The number of rotatable bonds is 4. The molecule has 0 amide bonds. The third-order valence-electron chi connectivity index (χ3n) is 2.07. The number of halogens is 1. The molecule has 0 aliphatic rings. The Labute approximate surface area is 82.0 Å². The fourth-order valence-corrected chi connectivity index (χ4v) is 1.23. The summed E-state index contributed by atoms with van der Waals surface area (Å²) < 4.78 is 12.9. The van der Waals surface area contributed by atoms with Gasteiger partial charge in [-0.2, -0.15) is 0 Å². The van der Waals surface area contributed by atoms with Crippen LogP contribution in [0.4, 0.5) is 4.39 Å². The van der Waals surface area contributed by atoms with Crippen LogP contribution in [0.2, 0.25) is 0 Å². The number of benzene rings is 1. The van der Waals surface area contributed by atoms with E-state index < -0.39 is 5.82 Å². The van der Waals surface area contributed by atoms with E-state index in [0.29, 0.717) is 18.4 Å². The highest BCUT2D eigenvalue weighted by Crippen LogP contribution is 2.21. The maximum atomic E-state index is 12.9. The van der Waals surface area contributed by atoms with E-state index in [-0.39, 0.29) is 18.4 Å². The molecule has 1 aromatic rings. The first-order valence-corrected chi connectivity index (χ1v) is 4.50. The van der Waals surface area contributed by atoms with Gasteiger partial charge in [0.1, 0.15) is 0 Å². The average Bonchev–Trinajstić information content (AvgIpc) is 2.18. The quantitative estimate of drug-likeness (QED) is 0.684. The molecule has 78 valence electrons. The number of hydrogen-bond acceptors (Lipinski definition) is 3. The average molecular weight is 199 g/mol. The van der Waals surface area contributed by atoms with Gasteiger partial charge < -0.3 is 15.9 Å². The number of phenols is 1. The summed E-state index contributed by atoms with van der Waals surface area (Å²) in [6.45, 7) is 0.0776. The Kier molecular flexibility index (Phi) is 3.85. The lowest BCUT2D eigenvalue weighted by Gasteiger charge is -2.11. The molecule has 0 heterocycles. The number of aliphatic hydroxyl groups is 1.